The number of alkyl halides is 4. The molecule has 7 nitrogen and oxygen atoms in total. The highest BCUT2D eigenvalue weighted by molar-refractivity contribution is 7.94. The van der Waals surface area contributed by atoms with E-state index in [2.05, 4.69) is 5.32 Å². The molecule has 0 bridgehead atoms. The summed E-state index contributed by atoms with van der Waals surface area (Å²) >= 11 is 6.30. The van der Waals surface area contributed by atoms with Crippen molar-refractivity contribution in [2.75, 3.05) is 38.5 Å². The number of hydrogen-bond acceptors (Lipinski definition) is 5. The first kappa shape index (κ1) is 26.9. The molecular weight excluding hydrogens is 526 g/mol. The Kier molecular flexibility index (Phi) is 7.42. The summed E-state index contributed by atoms with van der Waals surface area (Å²) in [6.45, 7) is -1.45. The van der Waals surface area contributed by atoms with Crippen LogP contribution in [0.1, 0.15) is 24.3 Å². The molecule has 1 aromatic carbocycles. The lowest BCUT2D eigenvalue weighted by Crippen LogP contribution is -2.55. The molecule has 3 aliphatic heterocycles. The van der Waals surface area contributed by atoms with Gasteiger partial charge in [0.05, 0.1) is 24.3 Å². The van der Waals surface area contributed by atoms with Gasteiger partial charge in [0.15, 0.2) is 15.5 Å². The summed E-state index contributed by atoms with van der Waals surface area (Å²) in [5, 5.41) is 3.73. The molecule has 2 amide bonds. The number of halogens is 5. The highest BCUT2D eigenvalue weighted by atomic mass is 35.5. The number of likely N-dealkylation sites (tertiary alicyclic amines) is 2. The molecule has 0 unspecified atom stereocenters. The van der Waals surface area contributed by atoms with Crippen molar-refractivity contribution in [1.82, 2.24) is 15.1 Å². The second-order valence-corrected chi connectivity index (χ2v) is 11.9. The number of sulfone groups is 1. The summed E-state index contributed by atoms with van der Waals surface area (Å²) in [5.41, 5.74) is -1.70. The van der Waals surface area contributed by atoms with Crippen molar-refractivity contribution < 1.29 is 35.6 Å². The second kappa shape index (κ2) is 9.94. The Morgan fingerprint density at radius 3 is 2.39 bits per heavy atom. The Morgan fingerprint density at radius 1 is 1.14 bits per heavy atom. The standard InChI is InChI=1S/C23H26ClF4N3O4S/c24-19-4-2-1-3-16(19)17-11-30(14-23(26,27)28)12-18(17)20(32)31-8-6-22(25,7-9-31)21(33)29-15-5-10-36(34,35)13-15/h1-5,10,15,17-18H,6-9,11-14H2,(H,29,33)/t15-,17+,18+/m1/s1. The number of nitrogens with one attached hydrogen (secondary N) is 1. The summed E-state index contributed by atoms with van der Waals surface area (Å²) in [6.07, 6.45) is -3.74. The zero-order valence-corrected chi connectivity index (χ0v) is 20.8. The highest BCUT2D eigenvalue weighted by Crippen LogP contribution is 2.39. The first-order chi connectivity index (χ1) is 16.8. The number of hydrogen-bond donors (Lipinski definition) is 1. The van der Waals surface area contributed by atoms with Gasteiger partial charge >= 0.3 is 6.18 Å². The summed E-state index contributed by atoms with van der Waals surface area (Å²) < 4.78 is 77.6. The van der Waals surface area contributed by atoms with Crippen LogP contribution in [0, 0.1) is 5.92 Å². The van der Waals surface area contributed by atoms with Crippen molar-refractivity contribution in [3.05, 3.63) is 46.3 Å². The van der Waals surface area contributed by atoms with Gasteiger partial charge in [0.2, 0.25) is 5.91 Å². The van der Waals surface area contributed by atoms with Crippen molar-refractivity contribution >= 4 is 33.3 Å². The topological polar surface area (TPSA) is 86.8 Å². The lowest BCUT2D eigenvalue weighted by atomic mass is 9.86. The van der Waals surface area contributed by atoms with E-state index in [-0.39, 0.29) is 44.8 Å². The van der Waals surface area contributed by atoms with Gasteiger partial charge in [-0.05, 0) is 17.7 Å². The molecule has 2 saturated heterocycles. The van der Waals surface area contributed by atoms with Crippen LogP contribution in [-0.4, -0.2) is 86.4 Å². The molecule has 0 radical (unpaired) electrons. The van der Waals surface area contributed by atoms with Crippen LogP contribution in [-0.2, 0) is 19.4 Å². The third-order valence-corrected chi connectivity index (χ3v) is 8.68. The highest BCUT2D eigenvalue weighted by Gasteiger charge is 2.48. The average Bonchev–Trinajstić information content (AvgIpc) is 3.35. The molecule has 4 rings (SSSR count). The predicted molar refractivity (Wildman–Crippen MR) is 125 cm³/mol. The number of nitrogens with zero attached hydrogens (tertiary/aromatic N) is 2. The fourth-order valence-corrected chi connectivity index (χ4v) is 6.63. The van der Waals surface area contributed by atoms with Crippen LogP contribution in [0.2, 0.25) is 5.02 Å². The average molecular weight is 552 g/mol. The molecule has 198 valence electrons. The number of rotatable bonds is 5. The van der Waals surface area contributed by atoms with E-state index in [1.54, 1.807) is 24.3 Å². The van der Waals surface area contributed by atoms with Gasteiger partial charge in [0.1, 0.15) is 0 Å². The quantitative estimate of drug-likeness (QED) is 0.569. The molecular formula is C23H26ClF4N3O4S. The maximum atomic E-state index is 15.4. The Labute approximate surface area is 211 Å². The van der Waals surface area contributed by atoms with Crippen molar-refractivity contribution in [2.45, 2.75) is 36.6 Å². The molecule has 0 aliphatic carbocycles. The van der Waals surface area contributed by atoms with Gasteiger partial charge in [-0.25, -0.2) is 12.8 Å². The third-order valence-electron chi connectivity index (χ3n) is 6.94. The van der Waals surface area contributed by atoms with Crippen LogP contribution < -0.4 is 5.32 Å². The maximum absolute atomic E-state index is 15.4. The van der Waals surface area contributed by atoms with E-state index in [0.29, 0.717) is 10.6 Å². The van der Waals surface area contributed by atoms with Crippen molar-refractivity contribution in [3.63, 3.8) is 0 Å². The number of carbonyl (C=O) groups is 2. The molecule has 3 aliphatic rings. The largest absolute Gasteiger partial charge is 0.401 e. The van der Waals surface area contributed by atoms with Crippen LogP contribution in [0.15, 0.2) is 35.7 Å². The molecule has 3 atom stereocenters. The molecule has 36 heavy (non-hydrogen) atoms. The van der Waals surface area contributed by atoms with E-state index in [9.17, 15) is 31.2 Å². The number of amides is 2. The van der Waals surface area contributed by atoms with Crippen LogP contribution >= 0.6 is 11.6 Å². The smallest absolute Gasteiger partial charge is 0.346 e. The normalized spacial score (nSPS) is 27.8. The monoisotopic (exact) mass is 551 g/mol. The Balaban J connectivity index is 1.43. The Morgan fingerprint density at radius 2 is 1.81 bits per heavy atom. The minimum Gasteiger partial charge on any atom is -0.346 e. The lowest BCUT2D eigenvalue weighted by Gasteiger charge is -2.37. The van der Waals surface area contributed by atoms with E-state index in [1.807, 2.05) is 0 Å². The minimum absolute atomic E-state index is 0.000753. The third kappa shape index (κ3) is 6.03. The molecule has 0 aromatic heterocycles. The summed E-state index contributed by atoms with van der Waals surface area (Å²) in [5.74, 6) is -3.05. The van der Waals surface area contributed by atoms with E-state index in [0.717, 1.165) is 5.41 Å². The van der Waals surface area contributed by atoms with Crippen LogP contribution in [0.25, 0.3) is 0 Å². The Bertz CT molecular complexity index is 1150. The fourth-order valence-electron chi connectivity index (χ4n) is 5.12. The second-order valence-electron chi connectivity index (χ2n) is 9.57. The molecule has 0 saturated carbocycles. The van der Waals surface area contributed by atoms with Crippen LogP contribution in [0.4, 0.5) is 17.6 Å². The SMILES string of the molecule is O=C([C@H]1CN(CC(F)(F)F)C[C@H]1c1ccccc1Cl)N1CCC(F)(C(=O)N[C@@H]2C=CS(=O)(=O)C2)CC1. The van der Waals surface area contributed by atoms with Crippen LogP contribution in [0.3, 0.4) is 0 Å². The predicted octanol–water partition coefficient (Wildman–Crippen LogP) is 2.68. The van der Waals surface area contributed by atoms with Gasteiger partial charge in [0, 0.05) is 55.4 Å². The van der Waals surface area contributed by atoms with Crippen molar-refractivity contribution in [3.8, 4) is 0 Å². The molecule has 1 N–H and O–H groups in total. The molecule has 2 fully saturated rings. The van der Waals surface area contributed by atoms with E-state index >= 15 is 4.39 Å². The minimum atomic E-state index is -4.43. The first-order valence-electron chi connectivity index (χ1n) is 11.5. The van der Waals surface area contributed by atoms with Crippen molar-refractivity contribution in [2.24, 2.45) is 5.92 Å². The maximum Gasteiger partial charge on any atom is 0.401 e. The molecule has 13 heteroatoms. The number of carbonyl (C=O) groups excluding carboxylic acids is 2. The van der Waals surface area contributed by atoms with E-state index in [4.69, 9.17) is 11.6 Å². The zero-order chi connectivity index (χ0) is 26.3. The zero-order valence-electron chi connectivity index (χ0n) is 19.2. The van der Waals surface area contributed by atoms with Gasteiger partial charge in [-0.2, -0.15) is 13.2 Å². The Hall–Kier alpha value is -2.18. The van der Waals surface area contributed by atoms with Crippen molar-refractivity contribution in [1.29, 1.82) is 0 Å². The lowest BCUT2D eigenvalue weighted by molar-refractivity contribution is -0.147. The summed E-state index contributed by atoms with van der Waals surface area (Å²) in [7, 11) is -3.42. The van der Waals surface area contributed by atoms with E-state index in [1.165, 1.54) is 15.9 Å². The van der Waals surface area contributed by atoms with Gasteiger partial charge in [0.25, 0.3) is 5.91 Å². The van der Waals surface area contributed by atoms with Crippen LogP contribution in [0.5, 0.6) is 0 Å². The number of piperidine rings is 1. The summed E-state index contributed by atoms with van der Waals surface area (Å²) in [6, 6.07) is 5.89. The molecule has 0 spiro atoms. The van der Waals surface area contributed by atoms with Gasteiger partial charge in [-0.15, -0.1) is 0 Å². The first-order valence-corrected chi connectivity index (χ1v) is 13.6. The van der Waals surface area contributed by atoms with Gasteiger partial charge in [-0.3, -0.25) is 14.5 Å². The molecule has 1 aromatic rings. The number of benzene rings is 1. The van der Waals surface area contributed by atoms with Gasteiger partial charge < -0.3 is 10.2 Å². The molecule has 3 heterocycles. The fraction of sp³-hybridized carbons (Fsp3) is 0.565. The van der Waals surface area contributed by atoms with E-state index < -0.39 is 57.9 Å². The van der Waals surface area contributed by atoms with Gasteiger partial charge in [-0.1, -0.05) is 29.8 Å². The summed E-state index contributed by atoms with van der Waals surface area (Å²) in [4.78, 5) is 28.5.